The fourth-order valence-electron chi connectivity index (χ4n) is 1.77. The van der Waals surface area contributed by atoms with Crippen molar-refractivity contribution >= 4 is 20.9 Å². The average Bonchev–Trinajstić information content (AvgIpc) is 2.47. The quantitative estimate of drug-likeness (QED) is 0.349. The number of methoxy groups -OCH3 is 1. The number of halogens is 5. The standard InChI is InChI=1S/C13H9F5O5S/c1-21-6-22-8-4-7-2-3-9(14)12(15)11(7)10(5-8)23-24(19,20)13(16,17)18/h2-5H,6H2,1H3. The van der Waals surface area contributed by atoms with Crippen molar-refractivity contribution in [3.63, 3.8) is 0 Å². The highest BCUT2D eigenvalue weighted by atomic mass is 32.2. The maximum Gasteiger partial charge on any atom is 0.534 e. The van der Waals surface area contributed by atoms with E-state index >= 15 is 0 Å². The summed E-state index contributed by atoms with van der Waals surface area (Å²) >= 11 is 0. The molecule has 0 amide bonds. The maximum absolute atomic E-state index is 13.9. The predicted molar refractivity (Wildman–Crippen MR) is 72.0 cm³/mol. The molecule has 0 aliphatic carbocycles. The Labute approximate surface area is 132 Å². The monoisotopic (exact) mass is 372 g/mol. The van der Waals surface area contributed by atoms with Gasteiger partial charge >= 0.3 is 15.6 Å². The molecule has 11 heteroatoms. The van der Waals surface area contributed by atoms with Gasteiger partial charge in [0.25, 0.3) is 0 Å². The minimum Gasteiger partial charge on any atom is -0.467 e. The van der Waals surface area contributed by atoms with Crippen molar-refractivity contribution in [3.8, 4) is 11.5 Å². The molecule has 0 radical (unpaired) electrons. The zero-order valence-corrected chi connectivity index (χ0v) is 12.7. The first-order valence-corrected chi connectivity index (χ1v) is 7.52. The van der Waals surface area contributed by atoms with Crippen molar-refractivity contribution in [2.24, 2.45) is 0 Å². The van der Waals surface area contributed by atoms with Crippen LogP contribution in [0.15, 0.2) is 24.3 Å². The molecule has 0 fully saturated rings. The van der Waals surface area contributed by atoms with E-state index in [-0.39, 0.29) is 17.9 Å². The van der Waals surface area contributed by atoms with E-state index in [4.69, 9.17) is 4.74 Å². The van der Waals surface area contributed by atoms with Crippen LogP contribution in [-0.4, -0.2) is 27.8 Å². The Bertz CT molecular complexity index is 863. The van der Waals surface area contributed by atoms with Crippen LogP contribution in [0.2, 0.25) is 0 Å². The van der Waals surface area contributed by atoms with Crippen LogP contribution >= 0.6 is 0 Å². The van der Waals surface area contributed by atoms with E-state index < -0.39 is 38.4 Å². The van der Waals surface area contributed by atoms with E-state index in [0.29, 0.717) is 6.07 Å². The van der Waals surface area contributed by atoms with Crippen molar-refractivity contribution in [2.45, 2.75) is 5.51 Å². The fourth-order valence-corrected chi connectivity index (χ4v) is 2.24. The maximum atomic E-state index is 13.9. The number of hydrogen-bond donors (Lipinski definition) is 0. The lowest BCUT2D eigenvalue weighted by atomic mass is 10.1. The van der Waals surface area contributed by atoms with Gasteiger partial charge in [-0.15, -0.1) is 0 Å². The van der Waals surface area contributed by atoms with Gasteiger partial charge < -0.3 is 13.7 Å². The zero-order chi connectivity index (χ0) is 18.1. The highest BCUT2D eigenvalue weighted by molar-refractivity contribution is 7.88. The van der Waals surface area contributed by atoms with Crippen LogP contribution < -0.4 is 8.92 Å². The Balaban J connectivity index is 2.66. The summed E-state index contributed by atoms with van der Waals surface area (Å²) in [6, 6.07) is 3.59. The molecule has 0 saturated carbocycles. The van der Waals surface area contributed by atoms with Gasteiger partial charge in [-0.3, -0.25) is 0 Å². The van der Waals surface area contributed by atoms with Gasteiger partial charge in [-0.25, -0.2) is 8.78 Å². The molecule has 0 heterocycles. The summed E-state index contributed by atoms with van der Waals surface area (Å²) in [5, 5.41) is -0.900. The van der Waals surface area contributed by atoms with E-state index in [0.717, 1.165) is 18.2 Å². The number of hydrogen-bond acceptors (Lipinski definition) is 5. The Morgan fingerprint density at radius 2 is 1.79 bits per heavy atom. The lowest BCUT2D eigenvalue weighted by Gasteiger charge is -2.14. The lowest BCUT2D eigenvalue weighted by molar-refractivity contribution is -0.0499. The molecular formula is C13H9F5O5S. The molecule has 0 N–H and O–H groups in total. The Kier molecular flexibility index (Phi) is 4.85. The first-order chi connectivity index (χ1) is 11.1. The second kappa shape index (κ2) is 6.40. The SMILES string of the molecule is COCOc1cc(OS(=O)(=O)C(F)(F)F)c2c(F)c(F)ccc2c1. The van der Waals surface area contributed by atoms with Gasteiger partial charge in [0, 0.05) is 13.2 Å². The summed E-state index contributed by atoms with van der Waals surface area (Å²) in [6.07, 6.45) is 0. The van der Waals surface area contributed by atoms with Crippen molar-refractivity contribution < 1.29 is 44.0 Å². The number of rotatable bonds is 5. The molecule has 2 rings (SSSR count). The fraction of sp³-hybridized carbons (Fsp3) is 0.231. The van der Waals surface area contributed by atoms with Crippen molar-refractivity contribution in [1.82, 2.24) is 0 Å². The van der Waals surface area contributed by atoms with Crippen LogP contribution in [0, 0.1) is 11.6 Å². The molecule has 5 nitrogen and oxygen atoms in total. The van der Waals surface area contributed by atoms with Crippen LogP contribution in [0.5, 0.6) is 11.5 Å². The largest absolute Gasteiger partial charge is 0.534 e. The normalized spacial score (nSPS) is 12.4. The van der Waals surface area contributed by atoms with Gasteiger partial charge in [-0.2, -0.15) is 21.6 Å². The van der Waals surface area contributed by atoms with E-state index in [1.54, 1.807) is 0 Å². The molecule has 132 valence electrons. The summed E-state index contributed by atoms with van der Waals surface area (Å²) in [5.41, 5.74) is -5.74. The molecule has 2 aromatic rings. The molecule has 0 saturated heterocycles. The van der Waals surface area contributed by atoms with Crippen molar-refractivity contribution in [3.05, 3.63) is 35.9 Å². The third-order valence-corrected chi connectivity index (χ3v) is 3.74. The second-order valence-electron chi connectivity index (χ2n) is 4.41. The van der Waals surface area contributed by atoms with Crippen LogP contribution in [0.25, 0.3) is 10.8 Å². The van der Waals surface area contributed by atoms with Gasteiger partial charge in [0.15, 0.2) is 24.2 Å². The molecule has 0 aromatic heterocycles. The molecule has 0 spiro atoms. The van der Waals surface area contributed by atoms with Gasteiger partial charge in [0.1, 0.15) is 5.75 Å². The molecule has 0 aliphatic heterocycles. The predicted octanol–water partition coefficient (Wildman–Crippen LogP) is 3.33. The minimum atomic E-state index is -6.09. The molecule has 0 atom stereocenters. The summed E-state index contributed by atoms with van der Waals surface area (Å²) in [5.74, 6) is -4.17. The third-order valence-electron chi connectivity index (χ3n) is 2.77. The van der Waals surface area contributed by atoms with Gasteiger partial charge in [0.05, 0.1) is 5.39 Å². The molecule has 0 unspecified atom stereocenters. The number of ether oxygens (including phenoxy) is 2. The summed E-state index contributed by atoms with van der Waals surface area (Å²) in [6.45, 7) is -0.319. The molecular weight excluding hydrogens is 363 g/mol. The second-order valence-corrected chi connectivity index (χ2v) is 5.95. The Hall–Kier alpha value is -2.14. The van der Waals surface area contributed by atoms with E-state index in [9.17, 15) is 30.4 Å². The van der Waals surface area contributed by atoms with E-state index in [1.807, 2.05) is 0 Å². The topological polar surface area (TPSA) is 61.8 Å². The van der Waals surface area contributed by atoms with Gasteiger partial charge in [-0.1, -0.05) is 6.07 Å². The third kappa shape index (κ3) is 3.51. The number of fused-ring (bicyclic) bond motifs is 1. The van der Waals surface area contributed by atoms with Crippen molar-refractivity contribution in [2.75, 3.05) is 13.9 Å². The molecule has 24 heavy (non-hydrogen) atoms. The van der Waals surface area contributed by atoms with Crippen molar-refractivity contribution in [1.29, 1.82) is 0 Å². The van der Waals surface area contributed by atoms with Crippen LogP contribution in [0.1, 0.15) is 0 Å². The van der Waals surface area contributed by atoms with Crippen LogP contribution in [0.4, 0.5) is 22.0 Å². The summed E-state index contributed by atoms with van der Waals surface area (Å²) < 4.78 is 101. The number of benzene rings is 2. The first kappa shape index (κ1) is 18.2. The Morgan fingerprint density at radius 3 is 2.38 bits per heavy atom. The average molecular weight is 372 g/mol. The number of alkyl halides is 3. The smallest absolute Gasteiger partial charge is 0.467 e. The zero-order valence-electron chi connectivity index (χ0n) is 11.9. The Morgan fingerprint density at radius 1 is 1.12 bits per heavy atom. The molecule has 0 bridgehead atoms. The van der Waals surface area contributed by atoms with Crippen LogP contribution in [-0.2, 0) is 14.9 Å². The van der Waals surface area contributed by atoms with Gasteiger partial charge in [0.2, 0.25) is 0 Å². The first-order valence-electron chi connectivity index (χ1n) is 6.11. The van der Waals surface area contributed by atoms with E-state index in [2.05, 4.69) is 8.92 Å². The van der Waals surface area contributed by atoms with Gasteiger partial charge in [-0.05, 0) is 17.5 Å². The highest BCUT2D eigenvalue weighted by Gasteiger charge is 2.49. The minimum absolute atomic E-state index is 0.130. The van der Waals surface area contributed by atoms with Crippen LogP contribution in [0.3, 0.4) is 0 Å². The summed E-state index contributed by atoms with van der Waals surface area (Å²) in [7, 11) is -4.82. The molecule has 0 aliphatic rings. The highest BCUT2D eigenvalue weighted by Crippen LogP contribution is 2.37. The lowest BCUT2D eigenvalue weighted by Crippen LogP contribution is -2.28. The van der Waals surface area contributed by atoms with E-state index in [1.165, 1.54) is 7.11 Å². The summed E-state index contributed by atoms with van der Waals surface area (Å²) in [4.78, 5) is 0. The molecule has 2 aromatic carbocycles.